The van der Waals surface area contributed by atoms with Gasteiger partial charge in [-0.25, -0.2) is 4.79 Å². The van der Waals surface area contributed by atoms with Gasteiger partial charge in [0.15, 0.2) is 0 Å². The Morgan fingerprint density at radius 3 is 2.55 bits per heavy atom. The van der Waals surface area contributed by atoms with Crippen LogP contribution in [0.15, 0.2) is 18.2 Å². The van der Waals surface area contributed by atoms with E-state index in [2.05, 4.69) is 0 Å². The number of carbonyl (C=O) groups is 1. The molecule has 0 amide bonds. The van der Waals surface area contributed by atoms with Gasteiger partial charge in [0.2, 0.25) is 0 Å². The van der Waals surface area contributed by atoms with E-state index in [4.69, 9.17) is 14.9 Å². The Balaban J connectivity index is 2.65. The van der Waals surface area contributed by atoms with Crippen LogP contribution in [0.4, 0.5) is 5.69 Å². The summed E-state index contributed by atoms with van der Waals surface area (Å²) in [5.74, 6) is -1.29. The monoisotopic (exact) mass is 311 g/mol. The van der Waals surface area contributed by atoms with Gasteiger partial charge >= 0.3 is 12.9 Å². The molecule has 1 aromatic rings. The Kier molecular flexibility index (Phi) is 7.51. The molecule has 0 aliphatic rings. The molecular formula is C13H18BNO7. The molecule has 0 aromatic heterocycles. The molecule has 0 saturated heterocycles. The molecule has 0 atom stereocenters. The predicted octanol–water partition coefficient (Wildman–Crippen LogP) is 0.273. The number of nitro groups is 1. The quantitative estimate of drug-likeness (QED) is 0.245. The van der Waals surface area contributed by atoms with Gasteiger partial charge in [-0.15, -0.1) is 0 Å². The van der Waals surface area contributed by atoms with Gasteiger partial charge in [0.05, 0.1) is 10.5 Å². The molecule has 0 aliphatic heterocycles. The maximum Gasteiger partial charge on any atom is 0.335 e. The Hall–Kier alpha value is -1.97. The lowest BCUT2D eigenvalue weighted by Gasteiger charge is -2.08. The van der Waals surface area contributed by atoms with Crippen LogP contribution in [-0.4, -0.2) is 52.9 Å². The van der Waals surface area contributed by atoms with Crippen LogP contribution in [0.5, 0.6) is 0 Å². The zero-order chi connectivity index (χ0) is 16.5. The zero-order valence-corrected chi connectivity index (χ0v) is 12.0. The van der Waals surface area contributed by atoms with Crippen molar-refractivity contribution in [1.82, 2.24) is 0 Å². The van der Waals surface area contributed by atoms with Gasteiger partial charge in [0, 0.05) is 32.0 Å². The summed E-state index contributed by atoms with van der Waals surface area (Å²) in [6, 6.07) is 3.35. The van der Waals surface area contributed by atoms with E-state index in [1.165, 1.54) is 12.1 Å². The molecule has 0 heterocycles. The van der Waals surface area contributed by atoms with Crippen LogP contribution in [-0.2, 0) is 4.74 Å². The Bertz CT molecular complexity index is 491. The lowest BCUT2D eigenvalue weighted by molar-refractivity contribution is -0.384. The maximum absolute atomic E-state index is 11.0. The summed E-state index contributed by atoms with van der Waals surface area (Å²) in [6.07, 6.45) is 1.34. The molecule has 0 bridgehead atoms. The van der Waals surface area contributed by atoms with Gasteiger partial charge in [-0.1, -0.05) is 6.07 Å². The fourth-order valence-electron chi connectivity index (χ4n) is 1.87. The van der Waals surface area contributed by atoms with Crippen molar-refractivity contribution < 1.29 is 29.7 Å². The Labute approximate surface area is 127 Å². The summed E-state index contributed by atoms with van der Waals surface area (Å²) in [7, 11) is 0. The van der Waals surface area contributed by atoms with Gasteiger partial charge in [0.25, 0.3) is 5.69 Å². The van der Waals surface area contributed by atoms with Gasteiger partial charge in [-0.3, -0.25) is 10.1 Å². The summed E-state index contributed by atoms with van der Waals surface area (Å²) >= 11 is 0. The topological polar surface area (TPSA) is 130 Å². The standard InChI is InChI=1S/C13H18BNO7/c16-4-2-6-22-5-1-3-14(19)11-7-10(13(17)18)8-12(9-11)15(20)21/h7-9,16,19H,1-6H2,(H,17,18). The number of aliphatic hydroxyl groups excluding tert-OH is 1. The number of non-ortho nitro benzene ring substituents is 1. The fourth-order valence-corrected chi connectivity index (χ4v) is 1.87. The van der Waals surface area contributed by atoms with E-state index in [0.717, 1.165) is 6.07 Å². The van der Waals surface area contributed by atoms with Crippen molar-refractivity contribution >= 4 is 24.0 Å². The number of rotatable bonds is 10. The first kappa shape index (κ1) is 18.1. The van der Waals surface area contributed by atoms with Crippen LogP contribution in [0, 0.1) is 10.1 Å². The molecule has 9 heteroatoms. The molecule has 0 aliphatic carbocycles. The molecule has 8 nitrogen and oxygen atoms in total. The Morgan fingerprint density at radius 1 is 1.27 bits per heavy atom. The van der Waals surface area contributed by atoms with E-state index < -0.39 is 17.8 Å². The number of aliphatic hydroxyl groups is 1. The number of ether oxygens (including phenoxy) is 1. The third-order valence-corrected chi connectivity index (χ3v) is 3.00. The smallest absolute Gasteiger partial charge is 0.335 e. The summed E-state index contributed by atoms with van der Waals surface area (Å²) < 4.78 is 5.21. The van der Waals surface area contributed by atoms with E-state index in [1.807, 2.05) is 0 Å². The molecule has 120 valence electrons. The van der Waals surface area contributed by atoms with Crippen LogP contribution < -0.4 is 5.46 Å². The van der Waals surface area contributed by atoms with E-state index in [9.17, 15) is 19.9 Å². The van der Waals surface area contributed by atoms with E-state index in [-0.39, 0.29) is 23.3 Å². The number of nitro benzene ring substituents is 1. The number of aromatic carboxylic acids is 1. The van der Waals surface area contributed by atoms with E-state index in [1.54, 1.807) is 0 Å². The Morgan fingerprint density at radius 2 is 1.95 bits per heavy atom. The number of hydrogen-bond acceptors (Lipinski definition) is 6. The van der Waals surface area contributed by atoms with Gasteiger partial charge in [0.1, 0.15) is 0 Å². The maximum atomic E-state index is 11.0. The van der Waals surface area contributed by atoms with Crippen LogP contribution >= 0.6 is 0 Å². The summed E-state index contributed by atoms with van der Waals surface area (Å²) in [5.41, 5.74) is -0.405. The second-order valence-corrected chi connectivity index (χ2v) is 4.72. The highest BCUT2D eigenvalue weighted by atomic mass is 16.6. The largest absolute Gasteiger partial charge is 0.478 e. The minimum absolute atomic E-state index is 0.0499. The third kappa shape index (κ3) is 5.80. The normalized spacial score (nSPS) is 10.5. The number of carboxylic acids is 1. The summed E-state index contributed by atoms with van der Waals surface area (Å²) in [4.78, 5) is 21.1. The van der Waals surface area contributed by atoms with E-state index in [0.29, 0.717) is 32.4 Å². The highest BCUT2D eigenvalue weighted by Crippen LogP contribution is 2.13. The number of carboxylic acid groups (broad SMARTS) is 1. The van der Waals surface area contributed by atoms with E-state index >= 15 is 0 Å². The van der Waals surface area contributed by atoms with Gasteiger partial charge < -0.3 is 20.0 Å². The van der Waals surface area contributed by atoms with Crippen molar-refractivity contribution in [3.8, 4) is 0 Å². The number of nitrogens with zero attached hydrogens (tertiary/aromatic N) is 1. The molecule has 0 fully saturated rings. The van der Waals surface area contributed by atoms with Crippen LogP contribution in [0.1, 0.15) is 23.2 Å². The molecule has 1 aromatic carbocycles. The molecule has 3 N–H and O–H groups in total. The van der Waals surface area contributed by atoms with Crippen molar-refractivity contribution in [1.29, 1.82) is 0 Å². The third-order valence-electron chi connectivity index (χ3n) is 3.00. The first-order chi connectivity index (χ1) is 10.5. The molecule has 0 radical (unpaired) electrons. The van der Waals surface area contributed by atoms with Crippen molar-refractivity contribution in [2.45, 2.75) is 19.2 Å². The van der Waals surface area contributed by atoms with Crippen LogP contribution in [0.2, 0.25) is 6.32 Å². The van der Waals surface area contributed by atoms with Crippen molar-refractivity contribution in [2.75, 3.05) is 19.8 Å². The molecule has 0 spiro atoms. The summed E-state index contributed by atoms with van der Waals surface area (Å²) in [5, 5.41) is 38.4. The minimum atomic E-state index is -1.29. The average Bonchev–Trinajstić information content (AvgIpc) is 2.49. The first-order valence-electron chi connectivity index (χ1n) is 6.85. The van der Waals surface area contributed by atoms with Crippen molar-refractivity contribution in [3.05, 3.63) is 33.9 Å². The van der Waals surface area contributed by atoms with Crippen LogP contribution in [0.3, 0.4) is 0 Å². The SMILES string of the molecule is O=C(O)c1cc(B(O)CCCOCCCO)cc([N+](=O)[O-])c1. The molecule has 0 unspecified atom stereocenters. The molecular weight excluding hydrogens is 293 g/mol. The first-order valence-corrected chi connectivity index (χ1v) is 6.85. The lowest BCUT2D eigenvalue weighted by atomic mass is 9.58. The highest BCUT2D eigenvalue weighted by Gasteiger charge is 2.20. The molecule has 1 rings (SSSR count). The fraction of sp³-hybridized carbons (Fsp3) is 0.462. The zero-order valence-electron chi connectivity index (χ0n) is 12.0. The van der Waals surface area contributed by atoms with Gasteiger partial charge in [-0.2, -0.15) is 0 Å². The molecule has 0 saturated carbocycles. The average molecular weight is 311 g/mol. The second-order valence-electron chi connectivity index (χ2n) is 4.72. The molecule has 22 heavy (non-hydrogen) atoms. The van der Waals surface area contributed by atoms with Crippen molar-refractivity contribution in [2.24, 2.45) is 0 Å². The lowest BCUT2D eigenvalue weighted by Crippen LogP contribution is -2.31. The number of hydrogen-bond donors (Lipinski definition) is 3. The number of benzene rings is 1. The minimum Gasteiger partial charge on any atom is -0.478 e. The second kappa shape index (κ2) is 9.13. The van der Waals surface area contributed by atoms with Crippen LogP contribution in [0.25, 0.3) is 0 Å². The predicted molar refractivity (Wildman–Crippen MR) is 79.6 cm³/mol. The van der Waals surface area contributed by atoms with Gasteiger partial charge in [-0.05, 0) is 24.6 Å². The van der Waals surface area contributed by atoms with Crippen molar-refractivity contribution in [3.63, 3.8) is 0 Å². The summed E-state index contributed by atoms with van der Waals surface area (Å²) in [6.45, 7) is -0.141. The highest BCUT2D eigenvalue weighted by molar-refractivity contribution is 6.66.